The van der Waals surface area contributed by atoms with E-state index in [1.165, 1.54) is 24.7 Å². The number of hydrogen-bond acceptors (Lipinski definition) is 10. The first-order valence-electron chi connectivity index (χ1n) is 10.1. The smallest absolute Gasteiger partial charge is 0.304 e. The van der Waals surface area contributed by atoms with E-state index in [9.17, 15) is 24.0 Å². The topological polar surface area (TPSA) is 147 Å². The lowest BCUT2D eigenvalue weighted by molar-refractivity contribution is -0.777. The predicted molar refractivity (Wildman–Crippen MR) is 107 cm³/mol. The number of aromatic nitrogens is 1. The van der Waals surface area contributed by atoms with Crippen LogP contribution in [0, 0.1) is 0 Å². The maximum absolute atomic E-state index is 12.1. The maximum Gasteiger partial charge on any atom is 0.304 e. The molecule has 1 N–H and O–H groups in total. The molecule has 2 rings (SSSR count). The molecule has 12 nitrogen and oxygen atoms in total. The molecule has 5 unspecified atom stereocenters. The van der Waals surface area contributed by atoms with Gasteiger partial charge < -0.3 is 46.0 Å². The minimum atomic E-state index is -1.30. The van der Waals surface area contributed by atoms with Crippen LogP contribution >= 0.6 is 0 Å². The summed E-state index contributed by atoms with van der Waals surface area (Å²) in [6, 6.07) is 3.12. The third kappa shape index (κ3) is 7.76. The lowest BCUT2D eigenvalue weighted by Crippen LogP contribution is -3.00. The molecule has 0 saturated carbocycles. The first-order valence-corrected chi connectivity index (χ1v) is 10.1. The summed E-state index contributed by atoms with van der Waals surface area (Å²) in [5.74, 6) is -3.16. The monoisotopic (exact) mass is 546 g/mol. The molecule has 5 atom stereocenters. The van der Waals surface area contributed by atoms with E-state index in [2.05, 4.69) is 5.32 Å². The van der Waals surface area contributed by atoms with Crippen LogP contribution in [-0.2, 0) is 42.9 Å². The van der Waals surface area contributed by atoms with Crippen molar-refractivity contribution in [3.8, 4) is 0 Å². The van der Waals surface area contributed by atoms with Gasteiger partial charge in [-0.2, -0.15) is 4.57 Å². The second-order valence-corrected chi connectivity index (χ2v) is 7.21. The summed E-state index contributed by atoms with van der Waals surface area (Å²) in [5, 5.41) is 2.50. The Hall–Kier alpha value is -3.06. The Bertz CT molecular complexity index is 925. The lowest BCUT2D eigenvalue weighted by atomic mass is 9.97. The molecule has 0 aliphatic carbocycles. The predicted octanol–water partition coefficient (Wildman–Crippen LogP) is -3.41. The summed E-state index contributed by atoms with van der Waals surface area (Å²) >= 11 is 0. The summed E-state index contributed by atoms with van der Waals surface area (Å²) in [7, 11) is 1.47. The van der Waals surface area contributed by atoms with Gasteiger partial charge in [-0.15, -0.1) is 0 Å². The van der Waals surface area contributed by atoms with Crippen LogP contribution in [0.2, 0.25) is 0 Å². The number of amides is 1. The van der Waals surface area contributed by atoms with E-state index in [4.69, 9.17) is 23.7 Å². The summed E-state index contributed by atoms with van der Waals surface area (Å²) in [6.07, 6.45) is -3.05. The van der Waals surface area contributed by atoms with Crippen LogP contribution in [0.15, 0.2) is 24.5 Å². The van der Waals surface area contributed by atoms with Crippen molar-refractivity contribution in [2.45, 2.75) is 58.3 Å². The number of rotatable bonds is 7. The number of hydrogen-bond donors (Lipinski definition) is 1. The largest absolute Gasteiger partial charge is 1.00 e. The molecule has 34 heavy (non-hydrogen) atoms. The highest BCUT2D eigenvalue weighted by atomic mass is 79.9. The molecule has 1 aromatic rings. The van der Waals surface area contributed by atoms with Gasteiger partial charge in [0.05, 0.1) is 0 Å². The highest BCUT2D eigenvalue weighted by molar-refractivity contribution is 5.93. The second-order valence-electron chi connectivity index (χ2n) is 7.21. The molecule has 1 fully saturated rings. The van der Waals surface area contributed by atoms with Crippen molar-refractivity contribution in [3.63, 3.8) is 0 Å². The summed E-state index contributed by atoms with van der Waals surface area (Å²) < 4.78 is 28.7. The van der Waals surface area contributed by atoms with Gasteiger partial charge >= 0.3 is 30.1 Å². The van der Waals surface area contributed by atoms with Crippen LogP contribution in [0.5, 0.6) is 0 Å². The van der Waals surface area contributed by atoms with Crippen molar-refractivity contribution >= 4 is 29.8 Å². The SMILES string of the molecule is CNC(=O)c1ccc[n+](C2OC(COC(C)=O)C(OC(C)=O)C(OC(C)=O)C2OC(C)=O)c1.[Br-]. The Kier molecular flexibility index (Phi) is 11.1. The standard InChI is InChI=1S/C21H26N2O10.BrH/c1-11(24)29-10-16-17(30-12(2)25)18(31-13(3)26)19(32-14(4)27)21(33-16)23-8-6-7-15(9-23)20(28)22-5;/h6-9,16-19,21H,10H2,1-5H3;1H. The fraction of sp³-hybridized carbons (Fsp3) is 0.524. The number of carbonyl (C=O) groups is 5. The third-order valence-corrected chi connectivity index (χ3v) is 4.57. The van der Waals surface area contributed by atoms with Gasteiger partial charge in [0, 0.05) is 40.8 Å². The van der Waals surface area contributed by atoms with Crippen LogP contribution in [0.1, 0.15) is 44.3 Å². The van der Waals surface area contributed by atoms with Crippen molar-refractivity contribution in [3.05, 3.63) is 30.1 Å². The van der Waals surface area contributed by atoms with E-state index < -0.39 is 54.5 Å². The molecular weight excluding hydrogens is 520 g/mol. The maximum atomic E-state index is 12.1. The van der Waals surface area contributed by atoms with Crippen molar-refractivity contribution in [1.29, 1.82) is 0 Å². The minimum absolute atomic E-state index is 0. The molecule has 1 saturated heterocycles. The lowest BCUT2D eigenvalue weighted by Gasteiger charge is -2.41. The summed E-state index contributed by atoms with van der Waals surface area (Å²) in [6.45, 7) is 4.28. The van der Waals surface area contributed by atoms with E-state index in [1.54, 1.807) is 18.3 Å². The van der Waals surface area contributed by atoms with Crippen LogP contribution in [-0.4, -0.2) is 67.9 Å². The van der Waals surface area contributed by atoms with Gasteiger partial charge in [-0.3, -0.25) is 24.0 Å². The molecular formula is C21H27BrN2O10. The molecule has 13 heteroatoms. The molecule has 1 aliphatic heterocycles. The molecule has 1 amide bonds. The zero-order valence-corrected chi connectivity index (χ0v) is 20.9. The van der Waals surface area contributed by atoms with E-state index in [1.807, 2.05) is 0 Å². The van der Waals surface area contributed by atoms with Gasteiger partial charge in [-0.25, -0.2) is 0 Å². The fourth-order valence-corrected chi connectivity index (χ4v) is 3.38. The first kappa shape index (κ1) is 29.0. The number of pyridine rings is 1. The van der Waals surface area contributed by atoms with Gasteiger partial charge in [0.25, 0.3) is 5.91 Å². The van der Waals surface area contributed by atoms with Crippen LogP contribution in [0.3, 0.4) is 0 Å². The Morgan fingerprint density at radius 2 is 1.47 bits per heavy atom. The van der Waals surface area contributed by atoms with E-state index in [0.29, 0.717) is 0 Å². The number of esters is 4. The highest BCUT2D eigenvalue weighted by Crippen LogP contribution is 2.32. The van der Waals surface area contributed by atoms with Gasteiger partial charge in [0.1, 0.15) is 18.3 Å². The number of halogens is 1. The van der Waals surface area contributed by atoms with Crippen molar-refractivity contribution in [2.24, 2.45) is 0 Å². The molecule has 0 aromatic carbocycles. The normalized spacial score (nSPS) is 23.5. The zero-order valence-electron chi connectivity index (χ0n) is 19.3. The van der Waals surface area contributed by atoms with Crippen molar-refractivity contribution in [2.75, 3.05) is 13.7 Å². The average Bonchev–Trinajstić information content (AvgIpc) is 2.73. The average molecular weight is 547 g/mol. The van der Waals surface area contributed by atoms with Gasteiger partial charge in [-0.05, 0) is 6.07 Å². The van der Waals surface area contributed by atoms with E-state index in [0.717, 1.165) is 20.8 Å². The van der Waals surface area contributed by atoms with E-state index in [-0.39, 0.29) is 35.1 Å². The van der Waals surface area contributed by atoms with Crippen LogP contribution in [0.25, 0.3) is 0 Å². The van der Waals surface area contributed by atoms with Crippen LogP contribution < -0.4 is 26.9 Å². The minimum Gasteiger partial charge on any atom is -1.00 e. The molecule has 0 radical (unpaired) electrons. The van der Waals surface area contributed by atoms with Gasteiger partial charge in [0.15, 0.2) is 24.6 Å². The quantitative estimate of drug-likeness (QED) is 0.208. The van der Waals surface area contributed by atoms with Crippen LogP contribution in [0.4, 0.5) is 0 Å². The highest BCUT2D eigenvalue weighted by Gasteiger charge is 2.56. The number of carbonyl (C=O) groups excluding carboxylic acids is 5. The summed E-state index contributed by atoms with van der Waals surface area (Å²) in [4.78, 5) is 59.1. The zero-order chi connectivity index (χ0) is 24.7. The Labute approximate surface area is 206 Å². The molecule has 1 aromatic heterocycles. The van der Waals surface area contributed by atoms with Gasteiger partial charge in [-0.1, -0.05) is 0 Å². The molecule has 1 aliphatic rings. The molecule has 0 spiro atoms. The summed E-state index contributed by atoms with van der Waals surface area (Å²) in [5.41, 5.74) is 0.271. The fourth-order valence-electron chi connectivity index (χ4n) is 3.38. The molecule has 188 valence electrons. The molecule has 0 bridgehead atoms. The van der Waals surface area contributed by atoms with Gasteiger partial charge in [0.2, 0.25) is 6.10 Å². The Morgan fingerprint density at radius 1 is 0.912 bits per heavy atom. The Balaban J connectivity index is 0.00000578. The number of nitrogens with zero attached hydrogens (tertiary/aromatic N) is 1. The Morgan fingerprint density at radius 3 is 2.00 bits per heavy atom. The van der Waals surface area contributed by atoms with E-state index >= 15 is 0 Å². The molecule has 2 heterocycles. The number of nitrogens with one attached hydrogen (secondary N) is 1. The first-order chi connectivity index (χ1) is 15.5. The third-order valence-electron chi connectivity index (χ3n) is 4.57. The second kappa shape index (κ2) is 13.0. The van der Waals surface area contributed by atoms with Crippen molar-refractivity contribution < 1.29 is 69.2 Å². The van der Waals surface area contributed by atoms with Crippen molar-refractivity contribution in [1.82, 2.24) is 5.32 Å². The number of ether oxygens (including phenoxy) is 5.